The van der Waals surface area contributed by atoms with Crippen LogP contribution in [0.1, 0.15) is 19.8 Å². The Bertz CT molecular complexity index is 143. The van der Waals surface area contributed by atoms with Gasteiger partial charge < -0.3 is 10.6 Å². The number of hydrogen-bond acceptors (Lipinski definition) is 2. The van der Waals surface area contributed by atoms with E-state index in [1.54, 1.807) is 0 Å². The second-order valence-corrected chi connectivity index (χ2v) is 3.21. The van der Waals surface area contributed by atoms with Gasteiger partial charge in [0.15, 0.2) is 0 Å². The summed E-state index contributed by atoms with van der Waals surface area (Å²) in [4.78, 5) is 11.1. The Morgan fingerprint density at radius 3 is 2.73 bits per heavy atom. The standard InChI is InChI=1S/C8H16N2O/c1-6(9-2)5-10-8(11)7-3-4-7/h6-7,9H,3-5H2,1-2H3,(H,10,11). The largest absolute Gasteiger partial charge is 0.354 e. The lowest BCUT2D eigenvalue weighted by Gasteiger charge is -2.10. The normalized spacial score (nSPS) is 19.5. The summed E-state index contributed by atoms with van der Waals surface area (Å²) in [7, 11) is 1.90. The Morgan fingerprint density at radius 2 is 2.27 bits per heavy atom. The minimum atomic E-state index is 0.229. The molecule has 0 spiro atoms. The molecule has 2 N–H and O–H groups in total. The summed E-state index contributed by atoms with van der Waals surface area (Å²) >= 11 is 0. The number of hydrogen-bond donors (Lipinski definition) is 2. The van der Waals surface area contributed by atoms with E-state index in [0.29, 0.717) is 12.0 Å². The maximum atomic E-state index is 11.1. The third-order valence-corrected chi connectivity index (χ3v) is 2.02. The van der Waals surface area contributed by atoms with Crippen molar-refractivity contribution in [2.45, 2.75) is 25.8 Å². The van der Waals surface area contributed by atoms with E-state index in [2.05, 4.69) is 10.6 Å². The smallest absolute Gasteiger partial charge is 0.223 e. The summed E-state index contributed by atoms with van der Waals surface area (Å²) in [6.07, 6.45) is 2.17. The number of nitrogens with one attached hydrogen (secondary N) is 2. The monoisotopic (exact) mass is 156 g/mol. The summed E-state index contributed by atoms with van der Waals surface area (Å²) in [5.74, 6) is 0.561. The van der Waals surface area contributed by atoms with Crippen LogP contribution in [-0.2, 0) is 4.79 Å². The van der Waals surface area contributed by atoms with Crippen LogP contribution in [0.4, 0.5) is 0 Å². The SMILES string of the molecule is CNC(C)CNC(=O)C1CC1. The van der Waals surface area contributed by atoms with E-state index >= 15 is 0 Å². The van der Waals surface area contributed by atoms with Crippen molar-refractivity contribution in [3.8, 4) is 0 Å². The van der Waals surface area contributed by atoms with Crippen molar-refractivity contribution < 1.29 is 4.79 Å². The molecular weight excluding hydrogens is 140 g/mol. The highest BCUT2D eigenvalue weighted by molar-refractivity contribution is 5.80. The summed E-state index contributed by atoms with van der Waals surface area (Å²) < 4.78 is 0. The highest BCUT2D eigenvalue weighted by atomic mass is 16.2. The predicted octanol–water partition coefficient (Wildman–Crippen LogP) is 0.120. The molecule has 3 nitrogen and oxygen atoms in total. The van der Waals surface area contributed by atoms with E-state index < -0.39 is 0 Å². The first-order chi connectivity index (χ1) is 5.24. The van der Waals surface area contributed by atoms with Crippen LogP contribution in [0.2, 0.25) is 0 Å². The number of likely N-dealkylation sites (N-methyl/N-ethyl adjacent to an activating group) is 1. The molecule has 1 fully saturated rings. The molecule has 11 heavy (non-hydrogen) atoms. The van der Waals surface area contributed by atoms with Crippen molar-refractivity contribution in [1.29, 1.82) is 0 Å². The second kappa shape index (κ2) is 3.72. The van der Waals surface area contributed by atoms with Gasteiger partial charge in [-0.05, 0) is 26.8 Å². The fourth-order valence-electron chi connectivity index (χ4n) is 0.846. The number of carbonyl (C=O) groups excluding carboxylic acids is 1. The van der Waals surface area contributed by atoms with Gasteiger partial charge >= 0.3 is 0 Å². The van der Waals surface area contributed by atoms with Crippen LogP contribution in [0.25, 0.3) is 0 Å². The van der Waals surface area contributed by atoms with Gasteiger partial charge in [0.2, 0.25) is 5.91 Å². The minimum Gasteiger partial charge on any atom is -0.354 e. The van der Waals surface area contributed by atoms with Crippen molar-refractivity contribution in [3.05, 3.63) is 0 Å². The van der Waals surface area contributed by atoms with Gasteiger partial charge in [-0.15, -0.1) is 0 Å². The third kappa shape index (κ3) is 2.89. The third-order valence-electron chi connectivity index (χ3n) is 2.02. The quantitative estimate of drug-likeness (QED) is 0.607. The first kappa shape index (κ1) is 8.53. The average Bonchev–Trinajstić information content (AvgIpc) is 2.81. The van der Waals surface area contributed by atoms with E-state index in [1.165, 1.54) is 0 Å². The Hall–Kier alpha value is -0.570. The van der Waals surface area contributed by atoms with E-state index in [9.17, 15) is 4.79 Å². The lowest BCUT2D eigenvalue weighted by atomic mass is 10.3. The van der Waals surface area contributed by atoms with Gasteiger partial charge in [-0.2, -0.15) is 0 Å². The molecule has 0 bridgehead atoms. The van der Waals surface area contributed by atoms with Gasteiger partial charge in [0.1, 0.15) is 0 Å². The molecule has 0 aromatic carbocycles. The van der Waals surface area contributed by atoms with Crippen molar-refractivity contribution in [2.24, 2.45) is 5.92 Å². The van der Waals surface area contributed by atoms with E-state index in [4.69, 9.17) is 0 Å². The van der Waals surface area contributed by atoms with Crippen LogP contribution < -0.4 is 10.6 Å². The molecule has 0 saturated heterocycles. The van der Waals surface area contributed by atoms with Crippen molar-refractivity contribution in [2.75, 3.05) is 13.6 Å². The number of amides is 1. The summed E-state index contributed by atoms with van der Waals surface area (Å²) in [6.45, 7) is 2.79. The molecule has 1 unspecified atom stereocenters. The first-order valence-corrected chi connectivity index (χ1v) is 4.19. The highest BCUT2D eigenvalue weighted by Gasteiger charge is 2.29. The van der Waals surface area contributed by atoms with E-state index in [1.807, 2.05) is 14.0 Å². The Labute approximate surface area is 67.5 Å². The van der Waals surface area contributed by atoms with Gasteiger partial charge in [0.05, 0.1) is 0 Å². The summed E-state index contributed by atoms with van der Waals surface area (Å²) in [5.41, 5.74) is 0. The van der Waals surface area contributed by atoms with Crippen LogP contribution in [0, 0.1) is 5.92 Å². The Kier molecular flexibility index (Phi) is 2.88. The lowest BCUT2D eigenvalue weighted by Crippen LogP contribution is -2.37. The Balaban J connectivity index is 2.05. The van der Waals surface area contributed by atoms with Crippen LogP contribution in [-0.4, -0.2) is 25.5 Å². The molecular formula is C8H16N2O. The molecule has 1 aliphatic carbocycles. The zero-order valence-corrected chi connectivity index (χ0v) is 7.18. The fourth-order valence-corrected chi connectivity index (χ4v) is 0.846. The molecule has 0 radical (unpaired) electrons. The maximum Gasteiger partial charge on any atom is 0.223 e. The highest BCUT2D eigenvalue weighted by Crippen LogP contribution is 2.28. The summed E-state index contributed by atoms with van der Waals surface area (Å²) in [6, 6.07) is 0.373. The number of rotatable bonds is 4. The van der Waals surface area contributed by atoms with Crippen LogP contribution >= 0.6 is 0 Å². The van der Waals surface area contributed by atoms with E-state index in [-0.39, 0.29) is 5.91 Å². The van der Waals surface area contributed by atoms with Gasteiger partial charge in [-0.3, -0.25) is 4.79 Å². The topological polar surface area (TPSA) is 41.1 Å². The van der Waals surface area contributed by atoms with Crippen molar-refractivity contribution in [1.82, 2.24) is 10.6 Å². The zero-order chi connectivity index (χ0) is 8.27. The number of carbonyl (C=O) groups is 1. The molecule has 1 rings (SSSR count). The molecule has 0 heterocycles. The molecule has 3 heteroatoms. The van der Waals surface area contributed by atoms with Gasteiger partial charge in [0, 0.05) is 18.5 Å². The molecule has 1 aliphatic rings. The molecule has 1 saturated carbocycles. The molecule has 0 aliphatic heterocycles. The summed E-state index contributed by atoms with van der Waals surface area (Å²) in [5, 5.41) is 5.96. The molecule has 1 atom stereocenters. The van der Waals surface area contributed by atoms with Crippen LogP contribution in [0.5, 0.6) is 0 Å². The van der Waals surface area contributed by atoms with Crippen molar-refractivity contribution in [3.63, 3.8) is 0 Å². The fraction of sp³-hybridized carbons (Fsp3) is 0.875. The maximum absolute atomic E-state index is 11.1. The molecule has 0 aromatic heterocycles. The second-order valence-electron chi connectivity index (χ2n) is 3.21. The molecule has 0 aromatic rings. The minimum absolute atomic E-state index is 0.229. The first-order valence-electron chi connectivity index (χ1n) is 4.19. The lowest BCUT2D eigenvalue weighted by molar-refractivity contribution is -0.122. The van der Waals surface area contributed by atoms with E-state index in [0.717, 1.165) is 19.4 Å². The average molecular weight is 156 g/mol. The van der Waals surface area contributed by atoms with Gasteiger partial charge in [0.25, 0.3) is 0 Å². The van der Waals surface area contributed by atoms with Crippen LogP contribution in [0.15, 0.2) is 0 Å². The van der Waals surface area contributed by atoms with Gasteiger partial charge in [-0.25, -0.2) is 0 Å². The van der Waals surface area contributed by atoms with Gasteiger partial charge in [-0.1, -0.05) is 0 Å². The zero-order valence-electron chi connectivity index (χ0n) is 7.18. The Morgan fingerprint density at radius 1 is 1.64 bits per heavy atom. The molecule has 64 valence electrons. The predicted molar refractivity (Wildman–Crippen MR) is 44.3 cm³/mol. The van der Waals surface area contributed by atoms with Crippen molar-refractivity contribution >= 4 is 5.91 Å². The van der Waals surface area contributed by atoms with Crippen LogP contribution in [0.3, 0.4) is 0 Å². The molecule has 1 amide bonds.